The number of hydrogen-bond donors (Lipinski definition) is 1. The molecule has 1 N–H and O–H groups in total. The Bertz CT molecular complexity index is 745. The molecular formula is C22H31N3O3S. The summed E-state index contributed by atoms with van der Waals surface area (Å²) in [7, 11) is 0. The van der Waals surface area contributed by atoms with Crippen LogP contribution >= 0.6 is 11.3 Å². The third-order valence-corrected chi connectivity index (χ3v) is 7.29. The maximum atomic E-state index is 13.6. The van der Waals surface area contributed by atoms with Crippen molar-refractivity contribution < 1.29 is 14.7 Å². The number of thiophene rings is 1. The molecule has 6 nitrogen and oxygen atoms in total. The third kappa shape index (κ3) is 4.27. The molecule has 1 aliphatic carbocycles. The summed E-state index contributed by atoms with van der Waals surface area (Å²) >= 11 is 1.53. The highest BCUT2D eigenvalue weighted by atomic mass is 32.1. The van der Waals surface area contributed by atoms with E-state index in [2.05, 4.69) is 9.80 Å². The lowest BCUT2D eigenvalue weighted by molar-refractivity contribution is -0.140. The smallest absolute Gasteiger partial charge is 0.278 e. The number of rotatable bonds is 5. The second-order valence-electron chi connectivity index (χ2n) is 8.23. The number of hydrogen-bond acceptors (Lipinski definition) is 6. The molecular weight excluding hydrogens is 386 g/mol. The Morgan fingerprint density at radius 1 is 0.966 bits per heavy atom. The van der Waals surface area contributed by atoms with Crippen molar-refractivity contribution in [3.63, 3.8) is 0 Å². The molecule has 1 aromatic rings. The van der Waals surface area contributed by atoms with E-state index in [4.69, 9.17) is 0 Å². The van der Waals surface area contributed by atoms with E-state index in [-0.39, 0.29) is 24.5 Å². The van der Waals surface area contributed by atoms with Crippen LogP contribution in [-0.4, -0.2) is 77.0 Å². The molecule has 0 atom stereocenters. The minimum atomic E-state index is -0.101. The first-order valence-corrected chi connectivity index (χ1v) is 11.8. The van der Waals surface area contributed by atoms with Crippen LogP contribution in [-0.2, 0) is 9.59 Å². The number of carbonyl (C=O) groups is 2. The van der Waals surface area contributed by atoms with Gasteiger partial charge < -0.3 is 10.0 Å². The molecule has 1 saturated carbocycles. The molecule has 0 spiro atoms. The Kier molecular flexibility index (Phi) is 6.67. The fraction of sp³-hybridized carbons (Fsp3) is 0.636. The normalized spacial score (nSPS) is 23.1. The van der Waals surface area contributed by atoms with Crippen LogP contribution in [0.2, 0.25) is 0 Å². The molecule has 7 heteroatoms. The molecule has 158 valence electrons. The van der Waals surface area contributed by atoms with Crippen molar-refractivity contribution in [2.45, 2.75) is 51.0 Å². The van der Waals surface area contributed by atoms with Gasteiger partial charge in [0.2, 0.25) is 0 Å². The molecule has 1 aromatic heterocycles. The average molecular weight is 418 g/mol. The summed E-state index contributed by atoms with van der Waals surface area (Å²) < 4.78 is 0. The predicted molar refractivity (Wildman–Crippen MR) is 114 cm³/mol. The van der Waals surface area contributed by atoms with Gasteiger partial charge in [-0.15, -0.1) is 11.3 Å². The van der Waals surface area contributed by atoms with Gasteiger partial charge in [0, 0.05) is 43.6 Å². The molecule has 3 heterocycles. The van der Waals surface area contributed by atoms with E-state index in [0.717, 1.165) is 43.6 Å². The largest absolute Gasteiger partial charge is 0.395 e. The number of carbonyl (C=O) groups excluding carboxylic acids is 2. The fourth-order valence-corrected chi connectivity index (χ4v) is 5.59. The lowest BCUT2D eigenvalue weighted by Gasteiger charge is -2.36. The van der Waals surface area contributed by atoms with Gasteiger partial charge in [0.1, 0.15) is 5.70 Å². The lowest BCUT2D eigenvalue weighted by Crippen LogP contribution is -2.49. The van der Waals surface area contributed by atoms with Crippen LogP contribution in [0.5, 0.6) is 0 Å². The summed E-state index contributed by atoms with van der Waals surface area (Å²) in [6, 6.07) is 3.92. The third-order valence-electron chi connectivity index (χ3n) is 6.40. The molecule has 4 rings (SSSR count). The second-order valence-corrected chi connectivity index (χ2v) is 9.18. The number of nitrogens with zero attached hydrogens (tertiary/aromatic N) is 3. The van der Waals surface area contributed by atoms with Crippen molar-refractivity contribution in [3.05, 3.63) is 28.1 Å². The van der Waals surface area contributed by atoms with Crippen LogP contribution < -0.4 is 0 Å². The Hall–Kier alpha value is -1.70. The Labute approximate surface area is 176 Å². The number of β-amino-alcohol motifs (C(OH)–C–C–N with tert-alkyl or cyclic N) is 1. The number of amides is 2. The first-order valence-electron chi connectivity index (χ1n) is 10.9. The van der Waals surface area contributed by atoms with E-state index in [0.29, 0.717) is 30.9 Å². The van der Waals surface area contributed by atoms with Crippen molar-refractivity contribution in [2.75, 3.05) is 39.3 Å². The number of aliphatic hydroxyl groups excluding tert-OH is 1. The van der Waals surface area contributed by atoms with Crippen LogP contribution in [0.15, 0.2) is 23.2 Å². The summed E-state index contributed by atoms with van der Waals surface area (Å²) in [5, 5.41) is 11.2. The molecule has 0 aromatic carbocycles. The van der Waals surface area contributed by atoms with Gasteiger partial charge >= 0.3 is 0 Å². The van der Waals surface area contributed by atoms with E-state index in [1.54, 1.807) is 4.90 Å². The van der Waals surface area contributed by atoms with Crippen molar-refractivity contribution in [1.29, 1.82) is 0 Å². The zero-order valence-electron chi connectivity index (χ0n) is 17.0. The van der Waals surface area contributed by atoms with Crippen molar-refractivity contribution in [1.82, 2.24) is 14.7 Å². The van der Waals surface area contributed by atoms with Gasteiger partial charge in [-0.2, -0.15) is 0 Å². The monoisotopic (exact) mass is 417 g/mol. The molecule has 0 bridgehead atoms. The van der Waals surface area contributed by atoms with Crippen molar-refractivity contribution in [3.8, 4) is 0 Å². The SMILES string of the molecule is O=C1C(c2cccs2)=C(N2CCN(CCO)CC2)C(=O)N1C1CCCCCCC1. The Morgan fingerprint density at radius 2 is 1.66 bits per heavy atom. The summed E-state index contributed by atoms with van der Waals surface area (Å²) in [6.07, 6.45) is 7.67. The van der Waals surface area contributed by atoms with E-state index >= 15 is 0 Å². The van der Waals surface area contributed by atoms with Crippen LogP contribution in [0.25, 0.3) is 5.57 Å². The van der Waals surface area contributed by atoms with E-state index < -0.39 is 0 Å². The highest BCUT2D eigenvalue weighted by Gasteiger charge is 2.45. The minimum absolute atomic E-state index is 0.0263. The zero-order chi connectivity index (χ0) is 20.2. The Balaban J connectivity index is 1.61. The Morgan fingerprint density at radius 3 is 2.28 bits per heavy atom. The van der Waals surface area contributed by atoms with Gasteiger partial charge in [-0.25, -0.2) is 0 Å². The maximum Gasteiger partial charge on any atom is 0.278 e. The first kappa shape index (κ1) is 20.6. The summed E-state index contributed by atoms with van der Waals surface area (Å²) in [5.41, 5.74) is 1.20. The molecule has 1 saturated heterocycles. The average Bonchev–Trinajstić information content (AvgIpc) is 3.30. The molecule has 3 aliphatic rings. The van der Waals surface area contributed by atoms with Gasteiger partial charge in [0.05, 0.1) is 12.2 Å². The minimum Gasteiger partial charge on any atom is -0.395 e. The molecule has 2 amide bonds. The molecule has 29 heavy (non-hydrogen) atoms. The van der Waals surface area contributed by atoms with Gasteiger partial charge in [-0.3, -0.25) is 19.4 Å². The fourth-order valence-electron chi connectivity index (χ4n) is 4.83. The summed E-state index contributed by atoms with van der Waals surface area (Å²) in [4.78, 5) is 33.9. The van der Waals surface area contributed by atoms with Gasteiger partial charge in [0.25, 0.3) is 11.8 Å². The molecule has 0 unspecified atom stereocenters. The van der Waals surface area contributed by atoms with Crippen molar-refractivity contribution in [2.24, 2.45) is 0 Å². The summed E-state index contributed by atoms with van der Waals surface area (Å²) in [5.74, 6) is -0.199. The lowest BCUT2D eigenvalue weighted by atomic mass is 9.95. The van der Waals surface area contributed by atoms with E-state index in [1.807, 2.05) is 17.5 Å². The number of aliphatic hydroxyl groups is 1. The van der Waals surface area contributed by atoms with Crippen LogP contribution in [0.3, 0.4) is 0 Å². The standard InChI is InChI=1S/C22H31N3O3S/c26-15-14-23-10-12-24(13-11-23)20-19(18-9-6-16-29-18)21(27)25(22(20)28)17-7-4-2-1-3-5-8-17/h6,9,16-17,26H,1-5,7-8,10-15H2. The first-order chi connectivity index (χ1) is 14.2. The molecule has 0 radical (unpaired) electrons. The van der Waals surface area contributed by atoms with Crippen LogP contribution in [0, 0.1) is 0 Å². The maximum absolute atomic E-state index is 13.6. The highest BCUT2D eigenvalue weighted by molar-refractivity contribution is 7.11. The topological polar surface area (TPSA) is 64.1 Å². The number of piperazine rings is 1. The zero-order valence-corrected chi connectivity index (χ0v) is 17.8. The van der Waals surface area contributed by atoms with E-state index in [9.17, 15) is 14.7 Å². The molecule has 2 fully saturated rings. The number of imide groups is 1. The van der Waals surface area contributed by atoms with E-state index in [1.165, 1.54) is 30.6 Å². The van der Waals surface area contributed by atoms with Crippen LogP contribution in [0.4, 0.5) is 0 Å². The summed E-state index contributed by atoms with van der Waals surface area (Å²) in [6.45, 7) is 3.82. The van der Waals surface area contributed by atoms with Gasteiger partial charge in [0.15, 0.2) is 0 Å². The predicted octanol–water partition coefficient (Wildman–Crippen LogP) is 2.55. The van der Waals surface area contributed by atoms with Gasteiger partial charge in [-0.05, 0) is 24.3 Å². The quantitative estimate of drug-likeness (QED) is 0.746. The second kappa shape index (κ2) is 9.41. The molecule has 2 aliphatic heterocycles. The highest BCUT2D eigenvalue weighted by Crippen LogP contribution is 2.37. The van der Waals surface area contributed by atoms with Crippen molar-refractivity contribution >= 4 is 28.7 Å². The van der Waals surface area contributed by atoms with Crippen LogP contribution in [0.1, 0.15) is 49.8 Å². The van der Waals surface area contributed by atoms with Gasteiger partial charge in [-0.1, -0.05) is 38.2 Å².